The Balaban J connectivity index is 1.83. The van der Waals surface area contributed by atoms with E-state index in [4.69, 9.17) is 4.74 Å². The van der Waals surface area contributed by atoms with E-state index in [0.717, 1.165) is 13.0 Å². The van der Waals surface area contributed by atoms with Gasteiger partial charge >= 0.3 is 11.9 Å². The normalized spacial score (nSPS) is 41.5. The van der Waals surface area contributed by atoms with Gasteiger partial charge in [0.05, 0.1) is 11.8 Å². The summed E-state index contributed by atoms with van der Waals surface area (Å²) in [4.78, 5) is 25.2. The fourth-order valence-corrected chi connectivity index (χ4v) is 3.02. The highest BCUT2D eigenvalue weighted by atomic mass is 16.6. The first-order valence-corrected chi connectivity index (χ1v) is 5.62. The number of ether oxygens (including phenoxy) is 1. The van der Waals surface area contributed by atoms with Crippen LogP contribution in [0.4, 0.5) is 0 Å². The second-order valence-corrected chi connectivity index (χ2v) is 5.18. The van der Waals surface area contributed by atoms with Gasteiger partial charge in [0, 0.05) is 18.6 Å². The van der Waals surface area contributed by atoms with E-state index in [1.807, 2.05) is 0 Å². The number of hydrogen-bond donors (Lipinski definition) is 0. The average Bonchev–Trinajstić information content (AvgIpc) is 2.87. The number of likely N-dealkylation sites (tertiary alicyclic amines) is 1. The van der Waals surface area contributed by atoms with Crippen molar-refractivity contribution in [2.75, 3.05) is 6.54 Å². The van der Waals surface area contributed by atoms with Crippen LogP contribution in [0.3, 0.4) is 0 Å². The molecule has 0 N–H and O–H groups in total. The Kier molecular flexibility index (Phi) is 1.75. The van der Waals surface area contributed by atoms with E-state index in [0.29, 0.717) is 18.5 Å². The van der Waals surface area contributed by atoms with E-state index < -0.39 is 5.41 Å². The van der Waals surface area contributed by atoms with Crippen molar-refractivity contribution in [3.8, 4) is 0 Å². The van der Waals surface area contributed by atoms with Crippen molar-refractivity contribution in [1.82, 2.24) is 4.90 Å². The van der Waals surface area contributed by atoms with Crippen molar-refractivity contribution in [2.45, 2.75) is 44.7 Å². The van der Waals surface area contributed by atoms with E-state index in [2.05, 4.69) is 11.8 Å². The Labute approximate surface area is 88.6 Å². The standard InChI is InChI=1S/C11H15NO3/c1-7-4-11(5-9(13)15-10(11)14)6-12(7)8-2-3-8/h7-8H,2-6H2,1H3. The molecule has 0 aromatic rings. The van der Waals surface area contributed by atoms with Crippen molar-refractivity contribution in [2.24, 2.45) is 5.41 Å². The van der Waals surface area contributed by atoms with Gasteiger partial charge in [-0.15, -0.1) is 0 Å². The first-order valence-electron chi connectivity index (χ1n) is 5.62. The van der Waals surface area contributed by atoms with Crippen LogP contribution in [0.5, 0.6) is 0 Å². The van der Waals surface area contributed by atoms with Crippen LogP contribution in [0.25, 0.3) is 0 Å². The molecule has 82 valence electrons. The van der Waals surface area contributed by atoms with Crippen LogP contribution in [0.1, 0.15) is 32.6 Å². The van der Waals surface area contributed by atoms with Gasteiger partial charge in [-0.1, -0.05) is 0 Å². The summed E-state index contributed by atoms with van der Waals surface area (Å²) in [6.07, 6.45) is 3.56. The maximum atomic E-state index is 11.7. The van der Waals surface area contributed by atoms with Crippen LogP contribution in [0, 0.1) is 5.41 Å². The van der Waals surface area contributed by atoms with Crippen LogP contribution in [0.15, 0.2) is 0 Å². The summed E-state index contributed by atoms with van der Waals surface area (Å²) in [5.74, 6) is -0.632. The van der Waals surface area contributed by atoms with Crippen molar-refractivity contribution >= 4 is 11.9 Å². The highest BCUT2D eigenvalue weighted by molar-refractivity contribution is 5.97. The number of esters is 2. The molecule has 0 amide bonds. The number of rotatable bonds is 1. The SMILES string of the molecule is CC1CC2(CC(=O)OC2=O)CN1C1CC1. The second kappa shape index (κ2) is 2.82. The first kappa shape index (κ1) is 9.33. The molecule has 0 radical (unpaired) electrons. The molecule has 0 aromatic carbocycles. The van der Waals surface area contributed by atoms with E-state index in [1.165, 1.54) is 12.8 Å². The molecule has 3 fully saturated rings. The Bertz CT molecular complexity index is 337. The summed E-state index contributed by atoms with van der Waals surface area (Å²) in [6.45, 7) is 2.87. The Morgan fingerprint density at radius 2 is 2.13 bits per heavy atom. The number of hydrogen-bond acceptors (Lipinski definition) is 4. The molecule has 0 aromatic heterocycles. The molecule has 0 bridgehead atoms. The van der Waals surface area contributed by atoms with Crippen LogP contribution in [-0.4, -0.2) is 35.5 Å². The van der Waals surface area contributed by atoms with Gasteiger partial charge in [-0.05, 0) is 26.2 Å². The van der Waals surface area contributed by atoms with Gasteiger partial charge in [0.1, 0.15) is 0 Å². The smallest absolute Gasteiger partial charge is 0.321 e. The molecule has 2 unspecified atom stereocenters. The third-order valence-corrected chi connectivity index (χ3v) is 3.88. The number of carbonyl (C=O) groups excluding carboxylic acids is 2. The third-order valence-electron chi connectivity index (χ3n) is 3.88. The second-order valence-electron chi connectivity index (χ2n) is 5.18. The molecule has 2 saturated heterocycles. The van der Waals surface area contributed by atoms with Crippen LogP contribution in [0.2, 0.25) is 0 Å². The molecule has 1 aliphatic carbocycles. The molecule has 3 aliphatic rings. The molecule has 1 spiro atoms. The summed E-state index contributed by atoms with van der Waals surface area (Å²) in [5, 5.41) is 0. The van der Waals surface area contributed by atoms with Gasteiger partial charge in [0.15, 0.2) is 0 Å². The van der Waals surface area contributed by atoms with Crippen LogP contribution < -0.4 is 0 Å². The largest absolute Gasteiger partial charge is 0.393 e. The van der Waals surface area contributed by atoms with Gasteiger partial charge in [0.25, 0.3) is 0 Å². The highest BCUT2D eigenvalue weighted by Crippen LogP contribution is 2.46. The molecule has 3 rings (SSSR count). The van der Waals surface area contributed by atoms with Gasteiger partial charge in [-0.25, -0.2) is 0 Å². The molecule has 2 aliphatic heterocycles. The zero-order valence-corrected chi connectivity index (χ0v) is 8.86. The summed E-state index contributed by atoms with van der Waals surface area (Å²) in [5.41, 5.74) is -0.501. The lowest BCUT2D eigenvalue weighted by molar-refractivity contribution is -0.154. The molecule has 2 heterocycles. The summed E-state index contributed by atoms with van der Waals surface area (Å²) < 4.78 is 4.69. The van der Waals surface area contributed by atoms with Crippen molar-refractivity contribution in [1.29, 1.82) is 0 Å². The van der Waals surface area contributed by atoms with Crippen molar-refractivity contribution < 1.29 is 14.3 Å². The predicted molar refractivity (Wildman–Crippen MR) is 52.0 cm³/mol. The molecule has 15 heavy (non-hydrogen) atoms. The van der Waals surface area contributed by atoms with Crippen LogP contribution in [-0.2, 0) is 14.3 Å². The number of carbonyl (C=O) groups is 2. The fourth-order valence-electron chi connectivity index (χ4n) is 3.02. The fraction of sp³-hybridized carbons (Fsp3) is 0.818. The zero-order chi connectivity index (χ0) is 10.6. The van der Waals surface area contributed by atoms with Gasteiger partial charge in [0.2, 0.25) is 0 Å². The van der Waals surface area contributed by atoms with Gasteiger partial charge in [-0.3, -0.25) is 14.5 Å². The van der Waals surface area contributed by atoms with E-state index in [-0.39, 0.29) is 11.9 Å². The predicted octanol–water partition coefficient (Wildman–Crippen LogP) is 0.703. The average molecular weight is 209 g/mol. The molecular formula is C11H15NO3. The topological polar surface area (TPSA) is 46.6 Å². The van der Waals surface area contributed by atoms with E-state index >= 15 is 0 Å². The minimum atomic E-state index is -0.501. The Morgan fingerprint density at radius 1 is 1.40 bits per heavy atom. The Morgan fingerprint density at radius 3 is 2.67 bits per heavy atom. The third kappa shape index (κ3) is 1.31. The lowest BCUT2D eigenvalue weighted by Crippen LogP contribution is -2.33. The zero-order valence-electron chi connectivity index (χ0n) is 8.86. The number of cyclic esters (lactones) is 2. The Hall–Kier alpha value is -0.900. The lowest BCUT2D eigenvalue weighted by atomic mass is 9.84. The van der Waals surface area contributed by atoms with Gasteiger partial charge < -0.3 is 4.74 Å². The quantitative estimate of drug-likeness (QED) is 0.471. The van der Waals surface area contributed by atoms with Gasteiger partial charge in [-0.2, -0.15) is 0 Å². The monoisotopic (exact) mass is 209 g/mol. The van der Waals surface area contributed by atoms with Crippen LogP contribution >= 0.6 is 0 Å². The molecular weight excluding hydrogens is 194 g/mol. The summed E-state index contributed by atoms with van der Waals surface area (Å²) in [7, 11) is 0. The maximum absolute atomic E-state index is 11.7. The molecule has 4 nitrogen and oxygen atoms in total. The molecule has 2 atom stereocenters. The summed E-state index contributed by atoms with van der Waals surface area (Å²) >= 11 is 0. The lowest BCUT2D eigenvalue weighted by Gasteiger charge is -2.20. The number of nitrogens with zero attached hydrogens (tertiary/aromatic N) is 1. The highest BCUT2D eigenvalue weighted by Gasteiger charge is 2.57. The first-order chi connectivity index (χ1) is 7.11. The minimum absolute atomic E-state index is 0.289. The van der Waals surface area contributed by atoms with Crippen molar-refractivity contribution in [3.05, 3.63) is 0 Å². The molecule has 4 heteroatoms. The minimum Gasteiger partial charge on any atom is -0.393 e. The maximum Gasteiger partial charge on any atom is 0.321 e. The van der Waals surface area contributed by atoms with Crippen molar-refractivity contribution in [3.63, 3.8) is 0 Å². The summed E-state index contributed by atoms with van der Waals surface area (Å²) in [6, 6.07) is 1.07. The molecule has 1 saturated carbocycles. The van der Waals surface area contributed by atoms with E-state index in [9.17, 15) is 9.59 Å². The van der Waals surface area contributed by atoms with E-state index in [1.54, 1.807) is 0 Å².